The van der Waals surface area contributed by atoms with Gasteiger partial charge >= 0.3 is 11.9 Å². The Kier molecular flexibility index (Phi) is 15.1. The second kappa shape index (κ2) is 16.6. The van der Waals surface area contributed by atoms with Crippen molar-refractivity contribution in [1.29, 1.82) is 0 Å². The lowest BCUT2D eigenvalue weighted by molar-refractivity contribution is -0.188. The summed E-state index contributed by atoms with van der Waals surface area (Å²) in [6.45, 7) is 8.55. The first-order chi connectivity index (χ1) is 16.2. The monoisotopic (exact) mass is 480 g/mol. The Balaban J connectivity index is 2.28. The molecule has 4 heteroatoms. The molecule has 34 heavy (non-hydrogen) atoms. The van der Waals surface area contributed by atoms with Crippen LogP contribution in [0.3, 0.4) is 0 Å². The van der Waals surface area contributed by atoms with E-state index in [0.29, 0.717) is 25.7 Å². The predicted molar refractivity (Wildman–Crippen MR) is 142 cm³/mol. The number of unbranched alkanes of at least 4 members (excludes halogenated alkanes) is 12. The van der Waals surface area contributed by atoms with Gasteiger partial charge in [-0.1, -0.05) is 137 Å². The van der Waals surface area contributed by atoms with E-state index in [-0.39, 0.29) is 5.92 Å². The first kappa shape index (κ1) is 31.0. The van der Waals surface area contributed by atoms with Crippen LogP contribution in [0.15, 0.2) is 0 Å². The minimum absolute atomic E-state index is 0.124. The van der Waals surface area contributed by atoms with E-state index in [2.05, 4.69) is 13.8 Å². The third-order valence-electron chi connectivity index (χ3n) is 8.91. The first-order valence-electron chi connectivity index (χ1n) is 14.7. The number of carboxylic acid groups (broad SMARTS) is 2. The topological polar surface area (TPSA) is 74.6 Å². The molecule has 1 fully saturated rings. The summed E-state index contributed by atoms with van der Waals surface area (Å²) in [5, 5.41) is 20.5. The number of carbonyl (C=O) groups is 2. The smallest absolute Gasteiger partial charge is 0.311 e. The standard InChI is InChI=1S/C30H56O4/c1-5-26(4)30(28(33)34)24-20-19-23-29(30,27(31)32)22-18-16-14-12-10-8-6-7-9-11-13-15-17-21-25(2)3/h25-26H,5-24H2,1-4H3,(H,31,32)(H,33,34). The van der Waals surface area contributed by atoms with E-state index in [1.54, 1.807) is 0 Å². The normalized spacial score (nSPS) is 23.8. The third kappa shape index (κ3) is 8.86. The molecule has 1 aliphatic carbocycles. The molecule has 0 radical (unpaired) electrons. The van der Waals surface area contributed by atoms with Gasteiger partial charge in [0.1, 0.15) is 0 Å². The maximum atomic E-state index is 12.5. The number of aliphatic carboxylic acids is 2. The van der Waals surface area contributed by atoms with Gasteiger partial charge in [-0.25, -0.2) is 0 Å². The summed E-state index contributed by atoms with van der Waals surface area (Å²) in [5.41, 5.74) is -2.23. The molecular formula is C30H56O4. The summed E-state index contributed by atoms with van der Waals surface area (Å²) in [5.74, 6) is -1.05. The van der Waals surface area contributed by atoms with E-state index < -0.39 is 22.8 Å². The van der Waals surface area contributed by atoms with Gasteiger partial charge in [-0.2, -0.15) is 0 Å². The van der Waals surface area contributed by atoms with Gasteiger partial charge in [0.2, 0.25) is 0 Å². The number of carboxylic acids is 2. The van der Waals surface area contributed by atoms with Crippen molar-refractivity contribution in [2.45, 2.75) is 156 Å². The fourth-order valence-corrected chi connectivity index (χ4v) is 6.56. The minimum Gasteiger partial charge on any atom is -0.481 e. The van der Waals surface area contributed by atoms with Gasteiger partial charge in [-0.3, -0.25) is 9.59 Å². The quantitative estimate of drug-likeness (QED) is 0.170. The minimum atomic E-state index is -1.12. The van der Waals surface area contributed by atoms with Crippen molar-refractivity contribution >= 4 is 11.9 Å². The van der Waals surface area contributed by atoms with Crippen LogP contribution in [0.5, 0.6) is 0 Å². The van der Waals surface area contributed by atoms with E-state index in [0.717, 1.165) is 38.0 Å². The molecule has 2 N–H and O–H groups in total. The van der Waals surface area contributed by atoms with Crippen LogP contribution in [0.25, 0.3) is 0 Å². The number of hydrogen-bond donors (Lipinski definition) is 2. The van der Waals surface area contributed by atoms with Gasteiger partial charge in [-0.15, -0.1) is 0 Å². The molecule has 0 aromatic rings. The summed E-state index contributed by atoms with van der Waals surface area (Å²) in [7, 11) is 0. The molecule has 0 aromatic carbocycles. The zero-order chi connectivity index (χ0) is 25.5. The zero-order valence-electron chi connectivity index (χ0n) is 23.0. The van der Waals surface area contributed by atoms with Crippen LogP contribution in [0, 0.1) is 22.7 Å². The molecule has 0 aliphatic heterocycles. The fourth-order valence-electron chi connectivity index (χ4n) is 6.56. The second-order valence-electron chi connectivity index (χ2n) is 11.7. The van der Waals surface area contributed by atoms with Crippen LogP contribution in [0.2, 0.25) is 0 Å². The average Bonchev–Trinajstić information content (AvgIpc) is 2.80. The predicted octanol–water partition coefficient (Wildman–Crippen LogP) is 9.26. The van der Waals surface area contributed by atoms with Crippen molar-refractivity contribution < 1.29 is 19.8 Å². The van der Waals surface area contributed by atoms with Gasteiger partial charge in [0.05, 0.1) is 10.8 Å². The highest BCUT2D eigenvalue weighted by Crippen LogP contribution is 2.58. The highest BCUT2D eigenvalue weighted by molar-refractivity contribution is 5.87. The van der Waals surface area contributed by atoms with Crippen LogP contribution in [-0.4, -0.2) is 22.2 Å². The van der Waals surface area contributed by atoms with Crippen molar-refractivity contribution in [2.24, 2.45) is 22.7 Å². The summed E-state index contributed by atoms with van der Waals surface area (Å²) >= 11 is 0. The largest absolute Gasteiger partial charge is 0.481 e. The third-order valence-corrected chi connectivity index (χ3v) is 8.91. The van der Waals surface area contributed by atoms with Crippen molar-refractivity contribution in [3.63, 3.8) is 0 Å². The molecule has 0 bridgehead atoms. The lowest BCUT2D eigenvalue weighted by Gasteiger charge is -2.51. The Bertz CT molecular complexity index is 572. The highest BCUT2D eigenvalue weighted by Gasteiger charge is 2.63. The van der Waals surface area contributed by atoms with Gasteiger partial charge in [-0.05, 0) is 31.1 Å². The molecule has 0 aromatic heterocycles. The van der Waals surface area contributed by atoms with Crippen molar-refractivity contribution in [1.82, 2.24) is 0 Å². The Morgan fingerprint density at radius 1 is 0.676 bits per heavy atom. The van der Waals surface area contributed by atoms with E-state index >= 15 is 0 Å². The molecule has 1 rings (SSSR count). The van der Waals surface area contributed by atoms with Crippen LogP contribution >= 0.6 is 0 Å². The zero-order valence-corrected chi connectivity index (χ0v) is 23.0. The maximum absolute atomic E-state index is 12.5. The molecule has 3 unspecified atom stereocenters. The molecule has 0 saturated heterocycles. The fraction of sp³-hybridized carbons (Fsp3) is 0.933. The molecular weight excluding hydrogens is 424 g/mol. The van der Waals surface area contributed by atoms with Crippen molar-refractivity contribution in [3.05, 3.63) is 0 Å². The van der Waals surface area contributed by atoms with Crippen LogP contribution in [0.1, 0.15) is 156 Å². The SMILES string of the molecule is CCC(C)C1(C(=O)O)CCCCC1(CCCCCCCCCCCCCCCC(C)C)C(=O)O. The van der Waals surface area contributed by atoms with Crippen LogP contribution < -0.4 is 0 Å². The molecule has 0 heterocycles. The molecule has 3 atom stereocenters. The Hall–Kier alpha value is -1.06. The van der Waals surface area contributed by atoms with Gasteiger partial charge in [0, 0.05) is 0 Å². The number of rotatable bonds is 20. The van der Waals surface area contributed by atoms with E-state index in [1.165, 1.54) is 70.6 Å². The van der Waals surface area contributed by atoms with Crippen LogP contribution in [-0.2, 0) is 9.59 Å². The van der Waals surface area contributed by atoms with Gasteiger partial charge < -0.3 is 10.2 Å². The van der Waals surface area contributed by atoms with Gasteiger partial charge in [0.15, 0.2) is 0 Å². The van der Waals surface area contributed by atoms with Gasteiger partial charge in [0.25, 0.3) is 0 Å². The van der Waals surface area contributed by atoms with Crippen molar-refractivity contribution in [3.8, 4) is 0 Å². The lowest BCUT2D eigenvalue weighted by atomic mass is 9.49. The molecule has 0 amide bonds. The molecule has 1 aliphatic rings. The Morgan fingerprint density at radius 2 is 1.12 bits per heavy atom. The molecule has 4 nitrogen and oxygen atoms in total. The summed E-state index contributed by atoms with van der Waals surface area (Å²) in [4.78, 5) is 25.1. The maximum Gasteiger partial charge on any atom is 0.311 e. The van der Waals surface area contributed by atoms with Crippen molar-refractivity contribution in [2.75, 3.05) is 0 Å². The average molecular weight is 481 g/mol. The van der Waals surface area contributed by atoms with E-state index in [1.807, 2.05) is 13.8 Å². The Morgan fingerprint density at radius 3 is 1.53 bits per heavy atom. The molecule has 1 saturated carbocycles. The summed E-state index contributed by atoms with van der Waals surface area (Å²) in [6, 6.07) is 0. The van der Waals surface area contributed by atoms with Crippen LogP contribution in [0.4, 0.5) is 0 Å². The Labute approximate surface area is 210 Å². The molecule has 200 valence electrons. The number of hydrogen-bond acceptors (Lipinski definition) is 2. The van der Waals surface area contributed by atoms with E-state index in [9.17, 15) is 19.8 Å². The highest BCUT2D eigenvalue weighted by atomic mass is 16.4. The summed E-state index contributed by atoms with van der Waals surface area (Å²) < 4.78 is 0. The summed E-state index contributed by atoms with van der Waals surface area (Å²) in [6.07, 6.45) is 21.7. The molecule has 0 spiro atoms. The van der Waals surface area contributed by atoms with E-state index in [4.69, 9.17) is 0 Å². The lowest BCUT2D eigenvalue weighted by Crippen LogP contribution is -2.57. The first-order valence-corrected chi connectivity index (χ1v) is 14.7. The second-order valence-corrected chi connectivity index (χ2v) is 11.7.